The molecule has 23 heavy (non-hydrogen) atoms. The Morgan fingerprint density at radius 2 is 1.87 bits per heavy atom. The van der Waals surface area contributed by atoms with Crippen molar-refractivity contribution in [2.75, 3.05) is 19.6 Å². The first-order chi connectivity index (χ1) is 10.2. The van der Waals surface area contributed by atoms with E-state index >= 15 is 0 Å². The number of ether oxygens (including phenoxy) is 1. The van der Waals surface area contributed by atoms with Gasteiger partial charge in [0, 0.05) is 12.6 Å². The van der Waals surface area contributed by atoms with Crippen molar-refractivity contribution in [2.24, 2.45) is 17.6 Å². The monoisotopic (exact) mass is 358 g/mol. The maximum absolute atomic E-state index is 12.5. The number of halogens is 2. The molecule has 128 valence electrons. The van der Waals surface area contributed by atoms with E-state index in [-0.39, 0.29) is 48.8 Å². The molecule has 2 N–H and O–H groups in total. The van der Waals surface area contributed by atoms with Gasteiger partial charge in [0.1, 0.15) is 6.10 Å². The first-order valence-corrected chi connectivity index (χ1v) is 7.98. The molecule has 0 radical (unpaired) electrons. The molecule has 3 aliphatic heterocycles. The molecule has 1 aromatic rings. The maximum atomic E-state index is 12.5. The number of rotatable bonds is 2. The van der Waals surface area contributed by atoms with Crippen molar-refractivity contribution in [2.45, 2.75) is 31.4 Å². The van der Waals surface area contributed by atoms with Crippen molar-refractivity contribution in [3.8, 4) is 0 Å². The van der Waals surface area contributed by atoms with Crippen molar-refractivity contribution in [3.63, 3.8) is 0 Å². The molecule has 3 saturated heterocycles. The zero-order valence-corrected chi connectivity index (χ0v) is 14.7. The van der Waals surface area contributed by atoms with Gasteiger partial charge in [-0.3, -0.25) is 9.69 Å². The standard InChI is InChI=1S/C17H22N2O2.2ClH/c18-16-13-4-2-1-3-12(13)9-14(16)17(20)21-15-10-19-7-5-11(15)6-8-19;;/h1-4,11,14-16H,5-10,18H2;2*1H/t14?,15-,16?;;/m0../s1. The topological polar surface area (TPSA) is 55.6 Å². The Hall–Kier alpha value is -0.810. The van der Waals surface area contributed by atoms with E-state index < -0.39 is 0 Å². The summed E-state index contributed by atoms with van der Waals surface area (Å²) in [5.74, 6) is 0.245. The lowest BCUT2D eigenvalue weighted by Gasteiger charge is -2.44. The van der Waals surface area contributed by atoms with Gasteiger partial charge in [-0.2, -0.15) is 0 Å². The van der Waals surface area contributed by atoms with Crippen molar-refractivity contribution < 1.29 is 9.53 Å². The first kappa shape index (κ1) is 18.5. The molecule has 0 saturated carbocycles. The summed E-state index contributed by atoms with van der Waals surface area (Å²) >= 11 is 0. The molecule has 3 atom stereocenters. The highest BCUT2D eigenvalue weighted by atomic mass is 35.5. The van der Waals surface area contributed by atoms with Crippen LogP contribution in [-0.4, -0.2) is 36.6 Å². The van der Waals surface area contributed by atoms with Crippen molar-refractivity contribution in [1.82, 2.24) is 4.90 Å². The van der Waals surface area contributed by atoms with Gasteiger partial charge in [0.05, 0.1) is 5.92 Å². The number of carbonyl (C=O) groups excluding carboxylic acids is 1. The number of hydrogen-bond donors (Lipinski definition) is 1. The lowest BCUT2D eigenvalue weighted by Crippen LogP contribution is -2.52. The van der Waals surface area contributed by atoms with E-state index in [1.165, 1.54) is 5.56 Å². The zero-order chi connectivity index (χ0) is 14.4. The highest BCUT2D eigenvalue weighted by Gasteiger charge is 2.40. The molecule has 4 nitrogen and oxygen atoms in total. The second-order valence-corrected chi connectivity index (χ2v) is 6.65. The fourth-order valence-corrected chi connectivity index (χ4v) is 4.14. The van der Waals surface area contributed by atoms with Crippen LogP contribution in [0.2, 0.25) is 0 Å². The molecule has 0 spiro atoms. The minimum Gasteiger partial charge on any atom is -0.460 e. The quantitative estimate of drug-likeness (QED) is 0.824. The van der Waals surface area contributed by atoms with Crippen LogP contribution < -0.4 is 5.73 Å². The summed E-state index contributed by atoms with van der Waals surface area (Å²) < 4.78 is 5.85. The van der Waals surface area contributed by atoms with E-state index in [4.69, 9.17) is 10.5 Å². The average Bonchev–Trinajstić information content (AvgIpc) is 2.86. The summed E-state index contributed by atoms with van der Waals surface area (Å²) in [6.45, 7) is 3.23. The number of hydrogen-bond acceptors (Lipinski definition) is 4. The number of esters is 1. The van der Waals surface area contributed by atoms with Gasteiger partial charge >= 0.3 is 5.97 Å². The van der Waals surface area contributed by atoms with Crippen molar-refractivity contribution in [1.29, 1.82) is 0 Å². The van der Waals surface area contributed by atoms with Gasteiger partial charge in [0.2, 0.25) is 0 Å². The minimum atomic E-state index is -0.213. The lowest BCUT2D eigenvalue weighted by atomic mass is 9.85. The van der Waals surface area contributed by atoms with Crippen molar-refractivity contribution >= 4 is 30.8 Å². The SMILES string of the molecule is Cl.Cl.NC1c2ccccc2CC1C(=O)O[C@H]1CN2CCC1CC2. The Balaban J connectivity index is 0.000000960. The zero-order valence-electron chi connectivity index (χ0n) is 13.0. The molecule has 0 amide bonds. The maximum Gasteiger partial charge on any atom is 0.311 e. The molecule has 0 aromatic heterocycles. The highest BCUT2D eigenvalue weighted by Crippen LogP contribution is 2.36. The van der Waals surface area contributed by atoms with E-state index in [2.05, 4.69) is 11.0 Å². The first-order valence-electron chi connectivity index (χ1n) is 7.98. The largest absolute Gasteiger partial charge is 0.460 e. The Morgan fingerprint density at radius 3 is 2.48 bits per heavy atom. The molecule has 6 heteroatoms. The molecule has 4 aliphatic rings. The molecule has 2 bridgehead atoms. The van der Waals surface area contributed by atoms with Gasteiger partial charge in [-0.1, -0.05) is 24.3 Å². The Labute approximate surface area is 149 Å². The third-order valence-electron chi connectivity index (χ3n) is 5.45. The van der Waals surface area contributed by atoms with Gasteiger partial charge in [-0.15, -0.1) is 24.8 Å². The number of nitrogens with two attached hydrogens (primary N) is 1. The van der Waals surface area contributed by atoms with E-state index in [1.54, 1.807) is 0 Å². The van der Waals surface area contributed by atoms with Crippen LogP contribution in [0.15, 0.2) is 24.3 Å². The van der Waals surface area contributed by atoms with Crippen LogP contribution in [0, 0.1) is 11.8 Å². The van der Waals surface area contributed by atoms with Gasteiger partial charge in [0.15, 0.2) is 0 Å². The molecule has 2 unspecified atom stereocenters. The van der Waals surface area contributed by atoms with Gasteiger partial charge in [0.25, 0.3) is 0 Å². The van der Waals surface area contributed by atoms with Crippen LogP contribution in [-0.2, 0) is 16.0 Å². The molecule has 1 aliphatic carbocycles. The Morgan fingerprint density at radius 1 is 1.17 bits per heavy atom. The molecule has 1 aromatic carbocycles. The minimum absolute atomic E-state index is 0. The summed E-state index contributed by atoms with van der Waals surface area (Å²) in [7, 11) is 0. The van der Waals surface area contributed by atoms with Gasteiger partial charge in [-0.05, 0) is 49.4 Å². The van der Waals surface area contributed by atoms with E-state index in [0.29, 0.717) is 5.92 Å². The molecule has 3 fully saturated rings. The van der Waals surface area contributed by atoms with Gasteiger partial charge in [-0.25, -0.2) is 0 Å². The Kier molecular flexibility index (Phi) is 5.95. The predicted molar refractivity (Wildman–Crippen MR) is 94.1 cm³/mol. The van der Waals surface area contributed by atoms with Crippen LogP contribution in [0.3, 0.4) is 0 Å². The average molecular weight is 359 g/mol. The summed E-state index contributed by atoms with van der Waals surface area (Å²) in [5.41, 5.74) is 8.56. The third kappa shape index (κ3) is 3.36. The normalized spacial score (nSPS) is 34.0. The lowest BCUT2D eigenvalue weighted by molar-refractivity contribution is -0.164. The second-order valence-electron chi connectivity index (χ2n) is 6.65. The third-order valence-corrected chi connectivity index (χ3v) is 5.45. The molecule has 5 rings (SSSR count). The fourth-order valence-electron chi connectivity index (χ4n) is 4.14. The van der Waals surface area contributed by atoms with E-state index in [9.17, 15) is 4.79 Å². The van der Waals surface area contributed by atoms with E-state index in [1.807, 2.05) is 18.2 Å². The smallest absolute Gasteiger partial charge is 0.311 e. The molecular formula is C17H24Cl2N2O2. The number of fused-ring (bicyclic) bond motifs is 4. The number of benzene rings is 1. The van der Waals surface area contributed by atoms with Crippen LogP contribution in [0.4, 0.5) is 0 Å². The Bertz CT molecular complexity index is 561. The summed E-state index contributed by atoms with van der Waals surface area (Å²) in [5, 5.41) is 0. The fraction of sp³-hybridized carbons (Fsp3) is 0.588. The second kappa shape index (κ2) is 7.39. The van der Waals surface area contributed by atoms with Crippen LogP contribution in [0.1, 0.15) is 30.0 Å². The van der Waals surface area contributed by atoms with E-state index in [0.717, 1.165) is 44.5 Å². The summed E-state index contributed by atoms with van der Waals surface area (Å²) in [6, 6.07) is 7.87. The van der Waals surface area contributed by atoms with Gasteiger partial charge < -0.3 is 10.5 Å². The predicted octanol–water partition coefficient (Wildman–Crippen LogP) is 2.34. The highest BCUT2D eigenvalue weighted by molar-refractivity contribution is 5.85. The summed E-state index contributed by atoms with van der Waals surface area (Å²) in [4.78, 5) is 15.0. The van der Waals surface area contributed by atoms with Crippen molar-refractivity contribution in [3.05, 3.63) is 35.4 Å². The number of carbonyl (C=O) groups is 1. The number of nitrogens with zero attached hydrogens (tertiary/aromatic N) is 1. The van der Waals surface area contributed by atoms with Crippen LogP contribution in [0.5, 0.6) is 0 Å². The van der Waals surface area contributed by atoms with Crippen LogP contribution in [0.25, 0.3) is 0 Å². The van der Waals surface area contributed by atoms with Crippen LogP contribution >= 0.6 is 24.8 Å². The number of piperidine rings is 3. The summed E-state index contributed by atoms with van der Waals surface area (Å²) in [6.07, 6.45) is 3.12. The molecular weight excluding hydrogens is 335 g/mol. The molecule has 3 heterocycles.